The molecule has 3 aromatic rings. The summed E-state index contributed by atoms with van der Waals surface area (Å²) >= 11 is 6.25. The van der Waals surface area contributed by atoms with Crippen LogP contribution in [0.2, 0.25) is 5.02 Å². The zero-order valence-electron chi connectivity index (χ0n) is 21.1. The minimum absolute atomic E-state index is 0.131. The summed E-state index contributed by atoms with van der Waals surface area (Å²) in [4.78, 5) is 35.8. The summed E-state index contributed by atoms with van der Waals surface area (Å²) < 4.78 is 21.4. The number of carbonyl (C=O) groups is 3. The van der Waals surface area contributed by atoms with Gasteiger partial charge in [0.05, 0.1) is 29.4 Å². The Hall–Kier alpha value is -4.10. The summed E-state index contributed by atoms with van der Waals surface area (Å²) in [7, 11) is 0. The number of hydrogen-bond donors (Lipinski definition) is 0. The molecule has 7 nitrogen and oxygen atoms in total. The Balaban J connectivity index is 1.42. The molecule has 0 aromatic heterocycles. The van der Waals surface area contributed by atoms with Crippen LogP contribution < -0.4 is 14.2 Å². The van der Waals surface area contributed by atoms with Gasteiger partial charge in [-0.1, -0.05) is 35.9 Å². The molecule has 0 aliphatic heterocycles. The molecule has 0 radical (unpaired) electrons. The van der Waals surface area contributed by atoms with Gasteiger partial charge < -0.3 is 18.9 Å². The van der Waals surface area contributed by atoms with Gasteiger partial charge in [-0.2, -0.15) is 0 Å². The standard InChI is InChI=1S/C30H29ClO7/c1-3-28(32)36-19-7-5-4-6-18-35-24-14-12-23(13-15-24)30(34)38-27-17-16-25(20-26(27)31)37-29(33)22-10-8-21(2)9-11-22/h3,8-17,20H,1,4-7,18-19H2,2H3. The molecule has 3 aromatic carbocycles. The highest BCUT2D eigenvalue weighted by atomic mass is 35.5. The van der Waals surface area contributed by atoms with E-state index < -0.39 is 17.9 Å². The van der Waals surface area contributed by atoms with Crippen molar-refractivity contribution in [2.24, 2.45) is 0 Å². The van der Waals surface area contributed by atoms with E-state index in [1.807, 2.05) is 19.1 Å². The number of carbonyl (C=O) groups excluding carboxylic acids is 3. The Labute approximate surface area is 226 Å². The molecule has 0 aliphatic carbocycles. The van der Waals surface area contributed by atoms with Crippen molar-refractivity contribution in [3.8, 4) is 17.2 Å². The number of esters is 3. The molecule has 3 rings (SSSR count). The molecule has 0 spiro atoms. The van der Waals surface area contributed by atoms with E-state index in [0.717, 1.165) is 37.3 Å². The van der Waals surface area contributed by atoms with Crippen molar-refractivity contribution in [1.82, 2.24) is 0 Å². The van der Waals surface area contributed by atoms with Gasteiger partial charge in [0.15, 0.2) is 0 Å². The van der Waals surface area contributed by atoms with Gasteiger partial charge in [0.1, 0.15) is 17.2 Å². The molecular weight excluding hydrogens is 508 g/mol. The molecule has 0 unspecified atom stereocenters. The maximum Gasteiger partial charge on any atom is 0.343 e. The number of benzene rings is 3. The fourth-order valence-corrected chi connectivity index (χ4v) is 3.52. The molecule has 0 heterocycles. The van der Waals surface area contributed by atoms with E-state index in [9.17, 15) is 14.4 Å². The van der Waals surface area contributed by atoms with Crippen molar-refractivity contribution < 1.29 is 33.3 Å². The number of ether oxygens (including phenoxy) is 4. The van der Waals surface area contributed by atoms with Crippen LogP contribution in [0.3, 0.4) is 0 Å². The van der Waals surface area contributed by atoms with Gasteiger partial charge in [-0.3, -0.25) is 0 Å². The van der Waals surface area contributed by atoms with Crippen LogP contribution in [0.1, 0.15) is 52.0 Å². The second kappa shape index (κ2) is 14.6. The van der Waals surface area contributed by atoms with Gasteiger partial charge in [-0.15, -0.1) is 0 Å². The first kappa shape index (κ1) is 28.5. The first-order valence-electron chi connectivity index (χ1n) is 12.2. The van der Waals surface area contributed by atoms with Crippen LogP contribution in [-0.2, 0) is 9.53 Å². The smallest absolute Gasteiger partial charge is 0.343 e. The minimum Gasteiger partial charge on any atom is -0.494 e. The molecule has 0 saturated carbocycles. The van der Waals surface area contributed by atoms with E-state index >= 15 is 0 Å². The molecule has 198 valence electrons. The Morgan fingerprint density at radius 2 is 1.34 bits per heavy atom. The second-order valence-electron chi connectivity index (χ2n) is 8.40. The lowest BCUT2D eigenvalue weighted by Crippen LogP contribution is -2.10. The maximum atomic E-state index is 12.6. The van der Waals surface area contributed by atoms with Crippen LogP contribution in [0, 0.1) is 6.92 Å². The molecule has 0 fully saturated rings. The molecule has 0 N–H and O–H groups in total. The van der Waals surface area contributed by atoms with Gasteiger partial charge in [0, 0.05) is 12.1 Å². The lowest BCUT2D eigenvalue weighted by molar-refractivity contribution is -0.137. The summed E-state index contributed by atoms with van der Waals surface area (Å²) in [5.41, 5.74) is 1.78. The fourth-order valence-electron chi connectivity index (χ4n) is 3.31. The van der Waals surface area contributed by atoms with Crippen LogP contribution in [0.25, 0.3) is 0 Å². The van der Waals surface area contributed by atoms with E-state index in [1.54, 1.807) is 36.4 Å². The summed E-state index contributed by atoms with van der Waals surface area (Å²) in [6, 6.07) is 18.0. The quantitative estimate of drug-likeness (QED) is 0.103. The van der Waals surface area contributed by atoms with Crippen LogP contribution in [0.4, 0.5) is 0 Å². The van der Waals surface area contributed by atoms with Crippen molar-refractivity contribution in [3.63, 3.8) is 0 Å². The number of hydrogen-bond acceptors (Lipinski definition) is 7. The summed E-state index contributed by atoms with van der Waals surface area (Å²) in [6.45, 7) is 6.20. The third kappa shape index (κ3) is 9.09. The van der Waals surface area contributed by atoms with Crippen molar-refractivity contribution in [3.05, 3.63) is 101 Å². The number of halogens is 1. The average molecular weight is 537 g/mol. The largest absolute Gasteiger partial charge is 0.494 e. The first-order chi connectivity index (χ1) is 18.4. The predicted molar refractivity (Wildman–Crippen MR) is 144 cm³/mol. The van der Waals surface area contributed by atoms with E-state index in [1.165, 1.54) is 18.2 Å². The Morgan fingerprint density at radius 1 is 0.763 bits per heavy atom. The molecule has 0 atom stereocenters. The summed E-state index contributed by atoms with van der Waals surface area (Å²) in [5, 5.41) is 0.131. The van der Waals surface area contributed by atoms with Crippen LogP contribution in [0.15, 0.2) is 79.4 Å². The summed E-state index contributed by atoms with van der Waals surface area (Å²) in [6.07, 6.45) is 4.67. The molecule has 0 saturated heterocycles. The monoisotopic (exact) mass is 536 g/mol. The van der Waals surface area contributed by atoms with Gasteiger partial charge in [-0.25, -0.2) is 14.4 Å². The molecule has 0 amide bonds. The fraction of sp³-hybridized carbons (Fsp3) is 0.233. The van der Waals surface area contributed by atoms with Crippen LogP contribution in [-0.4, -0.2) is 31.1 Å². The predicted octanol–water partition coefficient (Wildman–Crippen LogP) is 6.76. The highest BCUT2D eigenvalue weighted by Gasteiger charge is 2.14. The zero-order valence-corrected chi connectivity index (χ0v) is 21.9. The lowest BCUT2D eigenvalue weighted by atomic mass is 10.1. The summed E-state index contributed by atoms with van der Waals surface area (Å²) in [5.74, 6) is -0.484. The molecule has 0 aliphatic rings. The average Bonchev–Trinajstić information content (AvgIpc) is 2.92. The highest BCUT2D eigenvalue weighted by molar-refractivity contribution is 6.32. The normalized spacial score (nSPS) is 10.4. The van der Waals surface area contributed by atoms with E-state index in [2.05, 4.69) is 6.58 Å². The minimum atomic E-state index is -0.583. The number of aryl methyl sites for hydroxylation is 1. The Bertz CT molecular complexity index is 1250. The van der Waals surface area contributed by atoms with Gasteiger partial charge >= 0.3 is 17.9 Å². The number of rotatable bonds is 13. The Morgan fingerprint density at radius 3 is 1.97 bits per heavy atom. The van der Waals surface area contributed by atoms with E-state index in [4.69, 9.17) is 30.5 Å². The Kier molecular flexibility index (Phi) is 10.9. The van der Waals surface area contributed by atoms with Gasteiger partial charge in [-0.05, 0) is 81.1 Å². The molecular formula is C30H29ClO7. The lowest BCUT2D eigenvalue weighted by Gasteiger charge is -2.10. The second-order valence-corrected chi connectivity index (χ2v) is 8.80. The topological polar surface area (TPSA) is 88.1 Å². The van der Waals surface area contributed by atoms with E-state index in [-0.39, 0.29) is 16.5 Å². The number of unbranched alkanes of at least 4 members (excludes halogenated alkanes) is 3. The van der Waals surface area contributed by atoms with Crippen LogP contribution >= 0.6 is 11.6 Å². The van der Waals surface area contributed by atoms with Crippen molar-refractivity contribution >= 4 is 29.5 Å². The van der Waals surface area contributed by atoms with Crippen molar-refractivity contribution in [2.75, 3.05) is 13.2 Å². The zero-order chi connectivity index (χ0) is 27.3. The van der Waals surface area contributed by atoms with Crippen LogP contribution in [0.5, 0.6) is 17.2 Å². The maximum absolute atomic E-state index is 12.6. The SMILES string of the molecule is C=CC(=O)OCCCCCCOc1ccc(C(=O)Oc2ccc(OC(=O)c3ccc(C)cc3)cc2Cl)cc1. The molecule has 8 heteroatoms. The third-order valence-electron chi connectivity index (χ3n) is 5.41. The van der Waals surface area contributed by atoms with Gasteiger partial charge in [0.2, 0.25) is 0 Å². The molecule has 0 bridgehead atoms. The first-order valence-corrected chi connectivity index (χ1v) is 12.6. The van der Waals surface area contributed by atoms with Crippen molar-refractivity contribution in [1.29, 1.82) is 0 Å². The van der Waals surface area contributed by atoms with Crippen molar-refractivity contribution in [2.45, 2.75) is 32.6 Å². The third-order valence-corrected chi connectivity index (χ3v) is 5.71. The van der Waals surface area contributed by atoms with Gasteiger partial charge in [0.25, 0.3) is 0 Å². The highest BCUT2D eigenvalue weighted by Crippen LogP contribution is 2.30. The van der Waals surface area contributed by atoms with E-state index in [0.29, 0.717) is 30.1 Å². The molecule has 38 heavy (non-hydrogen) atoms.